The molecule has 1 saturated carbocycles. The van der Waals surface area contributed by atoms with Gasteiger partial charge in [-0.25, -0.2) is 4.79 Å². The van der Waals surface area contributed by atoms with Crippen molar-refractivity contribution in [3.8, 4) is 0 Å². The van der Waals surface area contributed by atoms with Gasteiger partial charge in [0.2, 0.25) is 0 Å². The van der Waals surface area contributed by atoms with Crippen molar-refractivity contribution in [1.29, 1.82) is 0 Å². The molecule has 1 aliphatic rings. The maximum atomic E-state index is 11.9. The van der Waals surface area contributed by atoms with Gasteiger partial charge in [-0.05, 0) is 43.5 Å². The summed E-state index contributed by atoms with van der Waals surface area (Å²) in [6.07, 6.45) is 1.00. The smallest absolute Gasteiger partial charge is 0.329 e. The number of carboxylic acids is 1. The predicted molar refractivity (Wildman–Crippen MR) is 65.9 cm³/mol. The Morgan fingerprint density at radius 3 is 2.47 bits per heavy atom. The summed E-state index contributed by atoms with van der Waals surface area (Å²) in [5.74, 6) is -1.30. The minimum absolute atomic E-state index is 0.339. The number of benzene rings is 1. The molecule has 0 aromatic heterocycles. The molecule has 0 bridgehead atoms. The fourth-order valence-corrected chi connectivity index (χ4v) is 2.28. The van der Waals surface area contributed by atoms with Crippen LogP contribution in [-0.4, -0.2) is 22.5 Å². The van der Waals surface area contributed by atoms with Crippen molar-refractivity contribution in [3.05, 3.63) is 33.8 Å². The van der Waals surface area contributed by atoms with Crippen LogP contribution in [0.4, 0.5) is 0 Å². The van der Waals surface area contributed by atoms with Crippen molar-refractivity contribution in [1.82, 2.24) is 5.32 Å². The Labute approximate surface area is 107 Å². The lowest BCUT2D eigenvalue weighted by Gasteiger charge is -2.12. The van der Waals surface area contributed by atoms with E-state index >= 15 is 0 Å². The van der Waals surface area contributed by atoms with Gasteiger partial charge in [0.05, 0.1) is 0 Å². The molecule has 1 fully saturated rings. The van der Waals surface area contributed by atoms with Crippen LogP contribution < -0.4 is 5.32 Å². The van der Waals surface area contributed by atoms with Crippen molar-refractivity contribution in [2.75, 3.05) is 0 Å². The van der Waals surface area contributed by atoms with Crippen molar-refractivity contribution >= 4 is 27.8 Å². The van der Waals surface area contributed by atoms with Crippen molar-refractivity contribution in [2.45, 2.75) is 25.3 Å². The van der Waals surface area contributed by atoms with E-state index in [4.69, 9.17) is 5.11 Å². The summed E-state index contributed by atoms with van der Waals surface area (Å²) in [6, 6.07) is 5.30. The molecule has 0 unspecified atom stereocenters. The number of aliphatic carboxylic acids is 1. The molecule has 0 radical (unpaired) electrons. The van der Waals surface area contributed by atoms with E-state index in [0.29, 0.717) is 18.4 Å². The fourth-order valence-electron chi connectivity index (χ4n) is 1.67. The summed E-state index contributed by atoms with van der Waals surface area (Å²) in [6.45, 7) is 1.88. The van der Waals surface area contributed by atoms with Crippen LogP contribution >= 0.6 is 15.9 Å². The Morgan fingerprint density at radius 2 is 2.00 bits per heavy atom. The van der Waals surface area contributed by atoms with Crippen molar-refractivity contribution in [2.24, 2.45) is 0 Å². The number of hydrogen-bond acceptors (Lipinski definition) is 2. The lowest BCUT2D eigenvalue weighted by molar-refractivity contribution is -0.140. The first-order chi connectivity index (χ1) is 7.93. The van der Waals surface area contributed by atoms with Crippen molar-refractivity contribution in [3.63, 3.8) is 0 Å². The average molecular weight is 298 g/mol. The topological polar surface area (TPSA) is 66.4 Å². The summed E-state index contributed by atoms with van der Waals surface area (Å²) in [5, 5.41) is 11.6. The van der Waals surface area contributed by atoms with Crippen LogP contribution in [0.3, 0.4) is 0 Å². The molecule has 90 valence electrons. The Bertz CT molecular complexity index is 474. The van der Waals surface area contributed by atoms with Gasteiger partial charge in [-0.3, -0.25) is 4.79 Å². The second-order valence-electron chi connectivity index (χ2n) is 4.36. The van der Waals surface area contributed by atoms with Gasteiger partial charge >= 0.3 is 5.97 Å². The minimum atomic E-state index is -1.03. The minimum Gasteiger partial charge on any atom is -0.480 e. The molecule has 0 aliphatic heterocycles. The van der Waals surface area contributed by atoms with E-state index in [1.165, 1.54) is 0 Å². The third kappa shape index (κ3) is 2.49. The Hall–Kier alpha value is -1.36. The van der Waals surface area contributed by atoms with Crippen LogP contribution in [0.25, 0.3) is 0 Å². The van der Waals surface area contributed by atoms with E-state index in [9.17, 15) is 9.59 Å². The summed E-state index contributed by atoms with van der Waals surface area (Å²) in [7, 11) is 0. The van der Waals surface area contributed by atoms with Gasteiger partial charge in [0.15, 0.2) is 0 Å². The monoisotopic (exact) mass is 297 g/mol. The molecule has 2 N–H and O–H groups in total. The molecule has 1 aromatic carbocycles. The van der Waals surface area contributed by atoms with Gasteiger partial charge < -0.3 is 10.4 Å². The number of amides is 1. The number of halogens is 1. The first kappa shape index (κ1) is 12.1. The summed E-state index contributed by atoms with van der Waals surface area (Å²) in [4.78, 5) is 22.9. The quantitative estimate of drug-likeness (QED) is 0.898. The normalized spacial score (nSPS) is 16.4. The molecular weight excluding hydrogens is 286 g/mol. The zero-order valence-corrected chi connectivity index (χ0v) is 10.9. The highest BCUT2D eigenvalue weighted by Crippen LogP contribution is 2.35. The van der Waals surface area contributed by atoms with E-state index in [0.717, 1.165) is 10.0 Å². The van der Waals surface area contributed by atoms with Crippen LogP contribution in [0.5, 0.6) is 0 Å². The third-order valence-corrected chi connectivity index (χ3v) is 3.27. The van der Waals surface area contributed by atoms with E-state index in [-0.39, 0.29) is 5.91 Å². The Balaban J connectivity index is 2.18. The van der Waals surface area contributed by atoms with Gasteiger partial charge in [-0.15, -0.1) is 0 Å². The molecule has 1 aromatic rings. The largest absolute Gasteiger partial charge is 0.480 e. The third-order valence-electron chi connectivity index (χ3n) is 2.82. The highest BCUT2D eigenvalue weighted by molar-refractivity contribution is 9.10. The maximum Gasteiger partial charge on any atom is 0.329 e. The Morgan fingerprint density at radius 1 is 1.35 bits per heavy atom. The highest BCUT2D eigenvalue weighted by Gasteiger charge is 2.51. The fraction of sp³-hybridized carbons (Fsp3) is 0.333. The van der Waals surface area contributed by atoms with Crippen molar-refractivity contribution < 1.29 is 14.7 Å². The van der Waals surface area contributed by atoms with Crippen LogP contribution in [0, 0.1) is 6.92 Å². The first-order valence-electron chi connectivity index (χ1n) is 5.26. The van der Waals surface area contributed by atoms with E-state index in [1.54, 1.807) is 12.1 Å². The summed E-state index contributed by atoms with van der Waals surface area (Å²) >= 11 is 3.31. The van der Waals surface area contributed by atoms with E-state index in [2.05, 4.69) is 21.2 Å². The van der Waals surface area contributed by atoms with Crippen LogP contribution in [0.15, 0.2) is 22.7 Å². The molecule has 5 heteroatoms. The lowest BCUT2D eigenvalue weighted by atomic mass is 10.1. The van der Waals surface area contributed by atoms with Gasteiger partial charge in [-0.1, -0.05) is 15.9 Å². The second-order valence-corrected chi connectivity index (χ2v) is 5.27. The SMILES string of the molecule is Cc1cc(Br)cc(C(=O)NC2(C(=O)O)CC2)c1. The first-order valence-corrected chi connectivity index (χ1v) is 6.05. The zero-order chi connectivity index (χ0) is 12.6. The number of nitrogens with one attached hydrogen (secondary N) is 1. The van der Waals surface area contributed by atoms with Gasteiger partial charge in [-0.2, -0.15) is 0 Å². The molecular formula is C12H12BrNO3. The number of rotatable bonds is 3. The zero-order valence-electron chi connectivity index (χ0n) is 9.29. The maximum absolute atomic E-state index is 11.9. The Kier molecular flexibility index (Phi) is 2.95. The average Bonchev–Trinajstić information content (AvgIpc) is 2.97. The van der Waals surface area contributed by atoms with Crippen LogP contribution in [-0.2, 0) is 4.79 Å². The molecule has 0 atom stereocenters. The van der Waals surface area contributed by atoms with Gasteiger partial charge in [0, 0.05) is 10.0 Å². The van der Waals surface area contributed by atoms with E-state index < -0.39 is 11.5 Å². The van der Waals surface area contributed by atoms with Crippen LogP contribution in [0.2, 0.25) is 0 Å². The van der Waals surface area contributed by atoms with Crippen LogP contribution in [0.1, 0.15) is 28.8 Å². The number of hydrogen-bond donors (Lipinski definition) is 2. The summed E-state index contributed by atoms with van der Waals surface area (Å²) in [5.41, 5.74) is 0.391. The number of aryl methyl sites for hydroxylation is 1. The number of carboxylic acid groups (broad SMARTS) is 1. The molecule has 1 aliphatic carbocycles. The molecule has 0 heterocycles. The van der Waals surface area contributed by atoms with Gasteiger partial charge in [0.1, 0.15) is 5.54 Å². The molecule has 1 amide bonds. The van der Waals surface area contributed by atoms with Gasteiger partial charge in [0.25, 0.3) is 5.91 Å². The standard InChI is InChI=1S/C12H12BrNO3/c1-7-4-8(6-9(13)5-7)10(15)14-12(2-3-12)11(16)17/h4-6H,2-3H2,1H3,(H,14,15)(H,16,17). The molecule has 0 spiro atoms. The molecule has 0 saturated heterocycles. The molecule has 2 rings (SSSR count). The number of carbonyl (C=O) groups excluding carboxylic acids is 1. The van der Waals surface area contributed by atoms with E-state index in [1.807, 2.05) is 13.0 Å². The molecule has 4 nitrogen and oxygen atoms in total. The molecule has 17 heavy (non-hydrogen) atoms. The highest BCUT2D eigenvalue weighted by atomic mass is 79.9. The lowest BCUT2D eigenvalue weighted by Crippen LogP contribution is -2.43. The second kappa shape index (κ2) is 4.14. The predicted octanol–water partition coefficient (Wildman–Crippen LogP) is 2.10. The number of carbonyl (C=O) groups is 2. The summed E-state index contributed by atoms with van der Waals surface area (Å²) < 4.78 is 0.808.